The summed E-state index contributed by atoms with van der Waals surface area (Å²) in [7, 11) is 0. The number of halogens is 2. The van der Waals surface area contributed by atoms with E-state index in [9.17, 15) is 18.4 Å². The van der Waals surface area contributed by atoms with Gasteiger partial charge in [0.15, 0.2) is 16.9 Å². The lowest BCUT2D eigenvalue weighted by molar-refractivity contribution is 0.0971. The quantitative estimate of drug-likeness (QED) is 0.308. The van der Waals surface area contributed by atoms with Crippen LogP contribution in [0.3, 0.4) is 0 Å². The standard InChI is InChI=1S/C28H21F2NO5/c1-3-13-35-22-11-5-16(14-23(22)34-4-2)25-24-26(32)20-15-18(30)8-12-21(20)36-27(24)28(33)31(25)19-9-6-17(29)7-10-19/h3,5-12,14-15,25H,1,4,13H2,2H3. The summed E-state index contributed by atoms with van der Waals surface area (Å²) < 4.78 is 45.0. The second-order valence-electron chi connectivity index (χ2n) is 8.11. The normalized spacial score (nSPS) is 14.7. The molecule has 0 fully saturated rings. The van der Waals surface area contributed by atoms with Crippen LogP contribution in [0.2, 0.25) is 0 Å². The molecule has 3 aromatic carbocycles. The zero-order valence-corrected chi connectivity index (χ0v) is 19.3. The lowest BCUT2D eigenvalue weighted by Gasteiger charge is -2.26. The van der Waals surface area contributed by atoms with Crippen molar-refractivity contribution in [2.45, 2.75) is 13.0 Å². The molecule has 1 aliphatic rings. The minimum absolute atomic E-state index is 0.0171. The molecule has 0 spiro atoms. The number of amides is 1. The fourth-order valence-electron chi connectivity index (χ4n) is 4.36. The molecule has 0 N–H and O–H groups in total. The van der Waals surface area contributed by atoms with Crippen molar-refractivity contribution >= 4 is 22.6 Å². The van der Waals surface area contributed by atoms with E-state index >= 15 is 0 Å². The summed E-state index contributed by atoms with van der Waals surface area (Å²) in [5, 5.41) is 0.0171. The number of benzene rings is 3. The molecule has 2 heterocycles. The summed E-state index contributed by atoms with van der Waals surface area (Å²) in [4.78, 5) is 28.6. The van der Waals surface area contributed by atoms with Gasteiger partial charge in [-0.05, 0) is 67.1 Å². The number of hydrogen-bond donors (Lipinski definition) is 0. The highest BCUT2D eigenvalue weighted by Crippen LogP contribution is 2.43. The smallest absolute Gasteiger partial charge is 0.295 e. The van der Waals surface area contributed by atoms with Crippen LogP contribution in [0.1, 0.15) is 34.6 Å². The third-order valence-electron chi connectivity index (χ3n) is 5.88. The zero-order chi connectivity index (χ0) is 25.4. The maximum absolute atomic E-state index is 14.0. The van der Waals surface area contributed by atoms with Crippen molar-refractivity contribution in [3.05, 3.63) is 112 Å². The molecule has 5 rings (SSSR count). The maximum atomic E-state index is 14.0. The minimum Gasteiger partial charge on any atom is -0.490 e. The lowest BCUT2D eigenvalue weighted by atomic mass is 9.97. The van der Waals surface area contributed by atoms with Crippen LogP contribution in [0.5, 0.6) is 11.5 Å². The lowest BCUT2D eigenvalue weighted by Crippen LogP contribution is -2.29. The Hall–Kier alpha value is -4.46. The van der Waals surface area contributed by atoms with Crippen molar-refractivity contribution in [1.82, 2.24) is 0 Å². The van der Waals surface area contributed by atoms with E-state index in [1.165, 1.54) is 35.2 Å². The molecule has 36 heavy (non-hydrogen) atoms. The van der Waals surface area contributed by atoms with Crippen LogP contribution >= 0.6 is 0 Å². The van der Waals surface area contributed by atoms with Crippen molar-refractivity contribution in [2.24, 2.45) is 0 Å². The highest BCUT2D eigenvalue weighted by atomic mass is 19.1. The summed E-state index contributed by atoms with van der Waals surface area (Å²) in [5.74, 6) is -0.933. The fourth-order valence-corrected chi connectivity index (χ4v) is 4.36. The Kier molecular flexibility index (Phi) is 6.01. The van der Waals surface area contributed by atoms with E-state index in [1.54, 1.807) is 24.3 Å². The van der Waals surface area contributed by atoms with E-state index < -0.39 is 29.0 Å². The molecule has 0 aliphatic carbocycles. The van der Waals surface area contributed by atoms with Gasteiger partial charge in [0.05, 0.1) is 23.6 Å². The largest absolute Gasteiger partial charge is 0.490 e. The Bertz CT molecular complexity index is 1540. The van der Waals surface area contributed by atoms with Gasteiger partial charge in [0, 0.05) is 5.69 Å². The highest BCUT2D eigenvalue weighted by Gasteiger charge is 2.44. The molecule has 1 amide bonds. The van der Waals surface area contributed by atoms with Gasteiger partial charge in [-0.1, -0.05) is 18.7 Å². The average molecular weight is 489 g/mol. The van der Waals surface area contributed by atoms with Crippen molar-refractivity contribution in [2.75, 3.05) is 18.1 Å². The SMILES string of the molecule is C=CCOc1ccc(C2c3c(oc4ccc(F)cc4c3=O)C(=O)N2c2ccc(F)cc2)cc1OCC. The Morgan fingerprint density at radius 2 is 1.72 bits per heavy atom. The van der Waals surface area contributed by atoms with Gasteiger partial charge in [-0.15, -0.1) is 0 Å². The Labute approximate surface area is 205 Å². The maximum Gasteiger partial charge on any atom is 0.295 e. The summed E-state index contributed by atoms with van der Waals surface area (Å²) in [6.45, 7) is 6.07. The van der Waals surface area contributed by atoms with E-state index in [-0.39, 0.29) is 28.9 Å². The van der Waals surface area contributed by atoms with Crippen molar-refractivity contribution in [1.29, 1.82) is 0 Å². The van der Waals surface area contributed by atoms with Crippen LogP contribution in [-0.4, -0.2) is 19.1 Å². The third-order valence-corrected chi connectivity index (χ3v) is 5.88. The van der Waals surface area contributed by atoms with Crippen LogP contribution < -0.4 is 19.8 Å². The van der Waals surface area contributed by atoms with E-state index in [2.05, 4.69) is 6.58 Å². The van der Waals surface area contributed by atoms with Crippen LogP contribution in [-0.2, 0) is 0 Å². The number of nitrogens with zero attached hydrogens (tertiary/aromatic N) is 1. The van der Waals surface area contributed by atoms with Crippen molar-refractivity contribution in [3.8, 4) is 11.5 Å². The number of rotatable bonds is 7. The minimum atomic E-state index is -0.936. The topological polar surface area (TPSA) is 69.0 Å². The van der Waals surface area contributed by atoms with Gasteiger partial charge in [-0.25, -0.2) is 8.78 Å². The molecule has 1 atom stereocenters. The van der Waals surface area contributed by atoms with Gasteiger partial charge in [-0.3, -0.25) is 14.5 Å². The predicted molar refractivity (Wildman–Crippen MR) is 131 cm³/mol. The van der Waals surface area contributed by atoms with Crippen molar-refractivity contribution in [3.63, 3.8) is 0 Å². The van der Waals surface area contributed by atoms with Gasteiger partial charge in [0.25, 0.3) is 5.91 Å². The summed E-state index contributed by atoms with van der Waals surface area (Å²) in [5.41, 5.74) is 0.515. The van der Waals surface area contributed by atoms with E-state index in [0.29, 0.717) is 29.4 Å². The number of carbonyl (C=O) groups excluding carboxylic acids is 1. The van der Waals surface area contributed by atoms with Crippen LogP contribution in [0.4, 0.5) is 14.5 Å². The highest BCUT2D eigenvalue weighted by molar-refractivity contribution is 6.10. The monoisotopic (exact) mass is 489 g/mol. The zero-order valence-electron chi connectivity index (χ0n) is 19.3. The van der Waals surface area contributed by atoms with Gasteiger partial charge in [0.1, 0.15) is 23.8 Å². The molecule has 6 nitrogen and oxygen atoms in total. The first-order valence-corrected chi connectivity index (χ1v) is 11.3. The molecule has 1 aromatic heterocycles. The summed E-state index contributed by atoms with van der Waals surface area (Å²) >= 11 is 0. The number of anilines is 1. The molecule has 0 saturated carbocycles. The molecule has 8 heteroatoms. The average Bonchev–Trinajstić information content (AvgIpc) is 3.17. The van der Waals surface area contributed by atoms with Gasteiger partial charge >= 0.3 is 0 Å². The number of fused-ring (bicyclic) bond motifs is 2. The third kappa shape index (κ3) is 3.90. The van der Waals surface area contributed by atoms with Crippen LogP contribution in [0.25, 0.3) is 11.0 Å². The Morgan fingerprint density at radius 3 is 2.44 bits per heavy atom. The Morgan fingerprint density at radius 1 is 0.972 bits per heavy atom. The molecular formula is C28H21F2NO5. The number of ether oxygens (including phenoxy) is 2. The van der Waals surface area contributed by atoms with Gasteiger partial charge in [-0.2, -0.15) is 0 Å². The van der Waals surface area contributed by atoms with Crippen molar-refractivity contribution < 1.29 is 27.5 Å². The Balaban J connectivity index is 1.75. The molecule has 182 valence electrons. The summed E-state index contributed by atoms with van der Waals surface area (Å²) in [6.07, 6.45) is 1.60. The van der Waals surface area contributed by atoms with E-state index in [4.69, 9.17) is 13.9 Å². The predicted octanol–water partition coefficient (Wildman–Crippen LogP) is 5.78. The first kappa shape index (κ1) is 23.3. The second-order valence-corrected chi connectivity index (χ2v) is 8.11. The molecule has 1 unspecified atom stereocenters. The first-order valence-electron chi connectivity index (χ1n) is 11.3. The number of carbonyl (C=O) groups is 1. The molecular weight excluding hydrogens is 468 g/mol. The van der Waals surface area contributed by atoms with E-state index in [0.717, 1.165) is 12.1 Å². The summed E-state index contributed by atoms with van der Waals surface area (Å²) in [6, 6.07) is 13.0. The molecule has 0 bridgehead atoms. The van der Waals surface area contributed by atoms with Crippen LogP contribution in [0.15, 0.2) is 82.5 Å². The second kappa shape index (κ2) is 9.30. The van der Waals surface area contributed by atoms with Gasteiger partial charge < -0.3 is 13.9 Å². The molecule has 1 aliphatic heterocycles. The molecule has 0 saturated heterocycles. The van der Waals surface area contributed by atoms with E-state index in [1.807, 2.05) is 6.92 Å². The fraction of sp³-hybridized carbons (Fsp3) is 0.143. The van der Waals surface area contributed by atoms with Crippen LogP contribution in [0, 0.1) is 11.6 Å². The number of hydrogen-bond acceptors (Lipinski definition) is 5. The molecule has 0 radical (unpaired) electrons. The molecule has 4 aromatic rings. The first-order chi connectivity index (χ1) is 17.4. The van der Waals surface area contributed by atoms with Gasteiger partial charge in [0.2, 0.25) is 5.76 Å².